The number of nitrogens with one attached hydrogen (secondary N) is 2. The number of nitrogens with zero attached hydrogens (tertiary/aromatic N) is 2. The minimum absolute atomic E-state index is 0.238. The van der Waals surface area contributed by atoms with E-state index in [1.807, 2.05) is 57.2 Å². The van der Waals surface area contributed by atoms with E-state index in [9.17, 15) is 4.79 Å². The predicted molar refractivity (Wildman–Crippen MR) is 111 cm³/mol. The number of carbonyl (C=O) groups is 1. The highest BCUT2D eigenvalue weighted by molar-refractivity contribution is 5.90. The van der Waals surface area contributed by atoms with Crippen molar-refractivity contribution in [3.63, 3.8) is 0 Å². The number of aromatic nitrogens is 2. The van der Waals surface area contributed by atoms with Crippen molar-refractivity contribution >= 4 is 28.9 Å². The Balaban J connectivity index is 1.96. The molecule has 0 saturated carbocycles. The molecular formula is C21H23N5O2. The van der Waals surface area contributed by atoms with Crippen molar-refractivity contribution in [2.75, 3.05) is 16.4 Å². The summed E-state index contributed by atoms with van der Waals surface area (Å²) in [5.41, 5.74) is 10.7. The highest BCUT2D eigenvalue weighted by Gasteiger charge is 2.14. The molecule has 2 aromatic carbocycles. The number of aryl methyl sites for hydroxylation is 3. The molecule has 0 spiro atoms. The fraction of sp³-hybridized carbons (Fsp3) is 0.190. The zero-order chi connectivity index (χ0) is 20.3. The highest BCUT2D eigenvalue weighted by atomic mass is 16.5. The third-order valence-corrected chi connectivity index (χ3v) is 4.05. The second-order valence-corrected chi connectivity index (χ2v) is 6.67. The summed E-state index contributed by atoms with van der Waals surface area (Å²) in [6.07, 6.45) is 1.52. The molecule has 1 aromatic heterocycles. The first-order chi connectivity index (χ1) is 13.3. The summed E-state index contributed by atoms with van der Waals surface area (Å²) in [6, 6.07) is 11.5. The van der Waals surface area contributed by atoms with Crippen LogP contribution in [0.2, 0.25) is 0 Å². The van der Waals surface area contributed by atoms with Crippen molar-refractivity contribution in [2.24, 2.45) is 0 Å². The molecule has 7 nitrogen and oxygen atoms in total. The maximum atomic E-state index is 11.5. The first-order valence-corrected chi connectivity index (χ1v) is 8.84. The van der Waals surface area contributed by atoms with Gasteiger partial charge in [-0.15, -0.1) is 0 Å². The number of ether oxygens (including phenoxy) is 1. The number of anilines is 4. The molecule has 0 unspecified atom stereocenters. The van der Waals surface area contributed by atoms with Crippen LogP contribution in [0, 0.1) is 20.8 Å². The summed E-state index contributed by atoms with van der Waals surface area (Å²) in [6.45, 7) is 7.25. The van der Waals surface area contributed by atoms with E-state index in [0.717, 1.165) is 22.4 Å². The quantitative estimate of drug-likeness (QED) is 0.567. The van der Waals surface area contributed by atoms with E-state index in [1.165, 1.54) is 13.1 Å². The number of rotatable bonds is 5. The maximum absolute atomic E-state index is 11.5. The number of nitrogen functional groups attached to an aromatic ring is 1. The number of hydrogen-bond acceptors (Lipinski definition) is 6. The fourth-order valence-electron chi connectivity index (χ4n) is 2.79. The molecule has 0 bridgehead atoms. The molecule has 4 N–H and O–H groups in total. The van der Waals surface area contributed by atoms with Crippen LogP contribution in [0.3, 0.4) is 0 Å². The lowest BCUT2D eigenvalue weighted by Crippen LogP contribution is -2.10. The van der Waals surface area contributed by atoms with Crippen LogP contribution in [0.4, 0.5) is 23.0 Å². The average molecular weight is 377 g/mol. The average Bonchev–Trinajstić information content (AvgIpc) is 2.61. The molecule has 144 valence electrons. The third-order valence-electron chi connectivity index (χ3n) is 4.05. The van der Waals surface area contributed by atoms with E-state index < -0.39 is 0 Å². The molecule has 3 aromatic rings. The highest BCUT2D eigenvalue weighted by Crippen LogP contribution is 2.34. The number of carbonyl (C=O) groups excluding carboxylic acids is 1. The second kappa shape index (κ2) is 7.96. The normalized spacial score (nSPS) is 10.4. The minimum Gasteiger partial charge on any atom is -0.436 e. The van der Waals surface area contributed by atoms with Crippen LogP contribution in [0.1, 0.15) is 23.6 Å². The summed E-state index contributed by atoms with van der Waals surface area (Å²) in [7, 11) is 0. The van der Waals surface area contributed by atoms with E-state index in [1.54, 1.807) is 0 Å². The van der Waals surface area contributed by atoms with Gasteiger partial charge in [-0.2, -0.15) is 4.98 Å². The lowest BCUT2D eigenvalue weighted by Gasteiger charge is -2.15. The van der Waals surface area contributed by atoms with Crippen LogP contribution in [-0.4, -0.2) is 15.9 Å². The van der Waals surface area contributed by atoms with E-state index in [4.69, 9.17) is 10.5 Å². The molecule has 0 aliphatic rings. The lowest BCUT2D eigenvalue weighted by molar-refractivity contribution is -0.114. The topological polar surface area (TPSA) is 102 Å². The molecule has 0 atom stereocenters. The standard InChI is InChI=1S/C21H23N5O2/c1-12-5-7-17(8-6-12)25-21-23-11-18(24-15(4)27)20(26-21)28-19-13(2)9-16(22)10-14(19)3/h5-11H,22H2,1-4H3,(H,24,27)(H,23,25,26). The van der Waals surface area contributed by atoms with E-state index in [-0.39, 0.29) is 11.8 Å². The molecule has 28 heavy (non-hydrogen) atoms. The van der Waals surface area contributed by atoms with Gasteiger partial charge in [-0.05, 0) is 56.2 Å². The molecule has 1 heterocycles. The predicted octanol–water partition coefficient (Wildman–Crippen LogP) is 4.48. The molecule has 7 heteroatoms. The fourth-order valence-corrected chi connectivity index (χ4v) is 2.79. The number of amides is 1. The largest absolute Gasteiger partial charge is 0.436 e. The van der Waals surface area contributed by atoms with Crippen LogP contribution in [0.5, 0.6) is 11.6 Å². The van der Waals surface area contributed by atoms with Gasteiger partial charge in [0.25, 0.3) is 0 Å². The maximum Gasteiger partial charge on any atom is 0.248 e. The monoisotopic (exact) mass is 377 g/mol. The lowest BCUT2D eigenvalue weighted by atomic mass is 10.1. The van der Waals surface area contributed by atoms with Gasteiger partial charge >= 0.3 is 0 Å². The third kappa shape index (κ3) is 4.56. The molecular weight excluding hydrogens is 354 g/mol. The van der Waals surface area contributed by atoms with Gasteiger partial charge in [0.15, 0.2) is 0 Å². The summed E-state index contributed by atoms with van der Waals surface area (Å²) < 4.78 is 6.06. The van der Waals surface area contributed by atoms with Crippen molar-refractivity contribution in [3.8, 4) is 11.6 Å². The summed E-state index contributed by atoms with van der Waals surface area (Å²) in [4.78, 5) is 20.3. The number of hydrogen-bond donors (Lipinski definition) is 3. The van der Waals surface area contributed by atoms with Crippen molar-refractivity contribution in [2.45, 2.75) is 27.7 Å². The zero-order valence-corrected chi connectivity index (χ0v) is 16.3. The molecule has 1 amide bonds. The first-order valence-electron chi connectivity index (χ1n) is 8.84. The summed E-state index contributed by atoms with van der Waals surface area (Å²) >= 11 is 0. The number of benzene rings is 2. The van der Waals surface area contributed by atoms with Gasteiger partial charge < -0.3 is 21.1 Å². The van der Waals surface area contributed by atoms with Crippen molar-refractivity contribution in [1.29, 1.82) is 0 Å². The Hall–Kier alpha value is -3.61. The summed E-state index contributed by atoms with van der Waals surface area (Å²) in [5, 5.41) is 5.84. The van der Waals surface area contributed by atoms with E-state index in [2.05, 4.69) is 20.6 Å². The van der Waals surface area contributed by atoms with E-state index in [0.29, 0.717) is 23.1 Å². The van der Waals surface area contributed by atoms with Crippen molar-refractivity contribution in [1.82, 2.24) is 9.97 Å². The van der Waals surface area contributed by atoms with Gasteiger partial charge in [-0.1, -0.05) is 17.7 Å². The Bertz CT molecular complexity index is 993. The Morgan fingerprint density at radius 2 is 1.71 bits per heavy atom. The smallest absolute Gasteiger partial charge is 0.248 e. The molecule has 0 fully saturated rings. The van der Waals surface area contributed by atoms with Crippen LogP contribution >= 0.6 is 0 Å². The Kier molecular flexibility index (Phi) is 5.44. The SMILES string of the molecule is CC(=O)Nc1cnc(Nc2ccc(C)cc2)nc1Oc1c(C)cc(N)cc1C. The first kappa shape index (κ1) is 19.2. The van der Waals surface area contributed by atoms with Crippen LogP contribution in [0.25, 0.3) is 0 Å². The second-order valence-electron chi connectivity index (χ2n) is 6.67. The molecule has 0 aliphatic heterocycles. The van der Waals surface area contributed by atoms with Crippen LogP contribution in [-0.2, 0) is 4.79 Å². The van der Waals surface area contributed by atoms with Gasteiger partial charge in [0.2, 0.25) is 17.7 Å². The van der Waals surface area contributed by atoms with E-state index >= 15 is 0 Å². The molecule has 3 rings (SSSR count). The molecule has 0 aliphatic carbocycles. The van der Waals surface area contributed by atoms with Gasteiger partial charge in [0.05, 0.1) is 6.20 Å². The molecule has 0 radical (unpaired) electrons. The van der Waals surface area contributed by atoms with Crippen molar-refractivity contribution < 1.29 is 9.53 Å². The van der Waals surface area contributed by atoms with Gasteiger partial charge in [-0.25, -0.2) is 4.98 Å². The number of nitrogens with two attached hydrogens (primary N) is 1. The van der Waals surface area contributed by atoms with Gasteiger partial charge in [0.1, 0.15) is 11.4 Å². The van der Waals surface area contributed by atoms with Crippen molar-refractivity contribution in [3.05, 3.63) is 59.3 Å². The van der Waals surface area contributed by atoms with Crippen LogP contribution < -0.4 is 21.1 Å². The Morgan fingerprint density at radius 1 is 1.07 bits per heavy atom. The van der Waals surface area contributed by atoms with Crippen LogP contribution in [0.15, 0.2) is 42.6 Å². The summed E-state index contributed by atoms with van der Waals surface area (Å²) in [5.74, 6) is 1.01. The Morgan fingerprint density at radius 3 is 2.32 bits per heavy atom. The van der Waals surface area contributed by atoms with Gasteiger partial charge in [-0.3, -0.25) is 4.79 Å². The minimum atomic E-state index is -0.238. The Labute approximate surface area is 164 Å². The zero-order valence-electron chi connectivity index (χ0n) is 16.3. The molecule has 0 saturated heterocycles. The van der Waals surface area contributed by atoms with Gasteiger partial charge in [0, 0.05) is 18.3 Å².